The lowest BCUT2D eigenvalue weighted by atomic mass is 9.81. The number of amides is 2. The first-order valence-corrected chi connectivity index (χ1v) is 8.73. The van der Waals surface area contributed by atoms with Crippen molar-refractivity contribution in [2.24, 2.45) is 17.3 Å². The first kappa shape index (κ1) is 17.5. The molecule has 0 aromatic heterocycles. The molecule has 0 bridgehead atoms. The van der Waals surface area contributed by atoms with Gasteiger partial charge in [-0.3, -0.25) is 0 Å². The second-order valence-electron chi connectivity index (χ2n) is 8.12. The van der Waals surface area contributed by atoms with Crippen LogP contribution in [0.3, 0.4) is 0 Å². The van der Waals surface area contributed by atoms with E-state index < -0.39 is 6.10 Å². The fourth-order valence-corrected chi connectivity index (χ4v) is 3.42. The van der Waals surface area contributed by atoms with E-state index in [9.17, 15) is 9.90 Å². The molecule has 0 radical (unpaired) electrons. The Morgan fingerprint density at radius 2 is 1.95 bits per heavy atom. The summed E-state index contributed by atoms with van der Waals surface area (Å²) in [4.78, 5) is 14.5. The molecule has 2 fully saturated rings. The first-order valence-electron chi connectivity index (χ1n) is 8.73. The number of rotatable bonds is 7. The van der Waals surface area contributed by atoms with Crippen LogP contribution in [0.5, 0.6) is 0 Å². The Morgan fingerprint density at radius 1 is 1.27 bits per heavy atom. The third-order valence-electron chi connectivity index (χ3n) is 5.07. The summed E-state index contributed by atoms with van der Waals surface area (Å²) in [5.74, 6) is 0.771. The lowest BCUT2D eigenvalue weighted by Gasteiger charge is -2.33. The van der Waals surface area contributed by atoms with Gasteiger partial charge in [0.05, 0.1) is 6.10 Å². The van der Waals surface area contributed by atoms with Crippen LogP contribution >= 0.6 is 0 Å². The molecule has 1 aliphatic carbocycles. The molecule has 2 aliphatic rings. The number of hydrogen-bond donors (Lipinski definition) is 3. The van der Waals surface area contributed by atoms with Gasteiger partial charge in [-0.2, -0.15) is 0 Å². The van der Waals surface area contributed by atoms with E-state index in [0.29, 0.717) is 12.5 Å². The summed E-state index contributed by atoms with van der Waals surface area (Å²) in [5.41, 5.74) is -0.318. The predicted molar refractivity (Wildman–Crippen MR) is 88.7 cm³/mol. The van der Waals surface area contributed by atoms with E-state index in [-0.39, 0.29) is 17.4 Å². The number of urea groups is 1. The van der Waals surface area contributed by atoms with Crippen LogP contribution in [0.2, 0.25) is 0 Å². The molecule has 0 unspecified atom stereocenters. The topological polar surface area (TPSA) is 64.6 Å². The molecule has 3 N–H and O–H groups in total. The maximum absolute atomic E-state index is 11.9. The normalized spacial score (nSPS) is 24.5. The second-order valence-corrected chi connectivity index (χ2v) is 8.12. The lowest BCUT2D eigenvalue weighted by molar-refractivity contribution is 0.0151. The smallest absolute Gasteiger partial charge is 0.314 e. The number of carbonyl (C=O) groups is 1. The highest BCUT2D eigenvalue weighted by Gasteiger charge is 2.34. The van der Waals surface area contributed by atoms with Gasteiger partial charge in [0.15, 0.2) is 0 Å². The minimum Gasteiger partial charge on any atom is -0.392 e. The Morgan fingerprint density at radius 3 is 2.55 bits per heavy atom. The van der Waals surface area contributed by atoms with Crippen LogP contribution in [-0.4, -0.2) is 54.4 Å². The van der Waals surface area contributed by atoms with Crippen molar-refractivity contribution in [3.8, 4) is 0 Å². The van der Waals surface area contributed by atoms with Crippen LogP contribution < -0.4 is 10.6 Å². The molecule has 2 atom stereocenters. The van der Waals surface area contributed by atoms with Gasteiger partial charge in [0, 0.05) is 31.1 Å². The standard InChI is InChI=1S/C17H33N3O2/c1-12(2)15(21)17(3,4)11-19-16(22)18-9-13-7-8-20(10-13)14-5-6-14/h12-15,21H,5-11H2,1-4H3,(H2,18,19,22)/t13-,15+/m1/s1. The summed E-state index contributed by atoms with van der Waals surface area (Å²) in [6.07, 6.45) is 3.48. The van der Waals surface area contributed by atoms with E-state index >= 15 is 0 Å². The van der Waals surface area contributed by atoms with Gasteiger partial charge in [-0.15, -0.1) is 0 Å². The van der Waals surface area contributed by atoms with Crippen LogP contribution in [-0.2, 0) is 0 Å². The monoisotopic (exact) mass is 311 g/mol. The minimum absolute atomic E-state index is 0.117. The van der Waals surface area contributed by atoms with Crippen molar-refractivity contribution in [1.29, 1.82) is 0 Å². The van der Waals surface area contributed by atoms with Crippen molar-refractivity contribution < 1.29 is 9.90 Å². The van der Waals surface area contributed by atoms with Crippen LogP contribution in [0, 0.1) is 17.3 Å². The highest BCUT2D eigenvalue weighted by atomic mass is 16.3. The van der Waals surface area contributed by atoms with Gasteiger partial charge in [0.25, 0.3) is 0 Å². The Balaban J connectivity index is 1.63. The summed E-state index contributed by atoms with van der Waals surface area (Å²) >= 11 is 0. The maximum atomic E-state index is 11.9. The fraction of sp³-hybridized carbons (Fsp3) is 0.941. The molecule has 22 heavy (non-hydrogen) atoms. The van der Waals surface area contributed by atoms with Gasteiger partial charge in [0.1, 0.15) is 0 Å². The van der Waals surface area contributed by atoms with Gasteiger partial charge < -0.3 is 20.6 Å². The van der Waals surface area contributed by atoms with Crippen molar-refractivity contribution in [3.05, 3.63) is 0 Å². The molecule has 2 amide bonds. The largest absolute Gasteiger partial charge is 0.392 e. The molecule has 0 aromatic rings. The Labute approximate surface area is 134 Å². The summed E-state index contributed by atoms with van der Waals surface area (Å²) in [6.45, 7) is 11.5. The average Bonchev–Trinajstić information content (AvgIpc) is 3.21. The van der Waals surface area contributed by atoms with E-state index in [1.807, 2.05) is 27.7 Å². The van der Waals surface area contributed by atoms with Crippen LogP contribution in [0.15, 0.2) is 0 Å². The third-order valence-corrected chi connectivity index (χ3v) is 5.07. The zero-order chi connectivity index (χ0) is 16.3. The molecule has 1 saturated carbocycles. The SMILES string of the molecule is CC(C)[C@H](O)C(C)(C)CNC(=O)NC[C@H]1CCN(C2CC2)C1. The predicted octanol–water partition coefficient (Wildman–Crippen LogP) is 1.81. The maximum Gasteiger partial charge on any atom is 0.314 e. The number of hydrogen-bond acceptors (Lipinski definition) is 3. The van der Waals surface area contributed by atoms with E-state index in [1.165, 1.54) is 25.8 Å². The van der Waals surface area contributed by atoms with E-state index in [0.717, 1.165) is 19.1 Å². The molecule has 5 nitrogen and oxygen atoms in total. The van der Waals surface area contributed by atoms with E-state index in [1.54, 1.807) is 0 Å². The number of nitrogens with zero attached hydrogens (tertiary/aromatic N) is 1. The van der Waals surface area contributed by atoms with Crippen LogP contribution in [0.1, 0.15) is 47.0 Å². The van der Waals surface area contributed by atoms with Gasteiger partial charge >= 0.3 is 6.03 Å². The van der Waals surface area contributed by atoms with Crippen molar-refractivity contribution in [3.63, 3.8) is 0 Å². The van der Waals surface area contributed by atoms with Crippen LogP contribution in [0.25, 0.3) is 0 Å². The quantitative estimate of drug-likeness (QED) is 0.672. The third kappa shape index (κ3) is 4.85. The average molecular weight is 311 g/mol. The van der Waals surface area contributed by atoms with Gasteiger partial charge in [-0.25, -0.2) is 4.79 Å². The molecule has 2 rings (SSSR count). The highest BCUT2D eigenvalue weighted by Crippen LogP contribution is 2.31. The molecule has 128 valence electrons. The van der Waals surface area contributed by atoms with E-state index in [2.05, 4.69) is 15.5 Å². The zero-order valence-electron chi connectivity index (χ0n) is 14.6. The fourth-order valence-electron chi connectivity index (χ4n) is 3.42. The lowest BCUT2D eigenvalue weighted by Crippen LogP contribution is -2.47. The van der Waals surface area contributed by atoms with Gasteiger partial charge in [-0.05, 0) is 37.6 Å². The Bertz CT molecular complexity index is 380. The summed E-state index contributed by atoms with van der Waals surface area (Å²) in [5, 5.41) is 16.1. The first-order chi connectivity index (χ1) is 10.3. The molecule has 0 spiro atoms. The highest BCUT2D eigenvalue weighted by molar-refractivity contribution is 5.73. The minimum atomic E-state index is -0.422. The Hall–Kier alpha value is -0.810. The Kier molecular flexibility index (Phi) is 5.72. The molecular weight excluding hydrogens is 278 g/mol. The molecule has 1 aliphatic heterocycles. The number of likely N-dealkylation sites (tertiary alicyclic amines) is 1. The molecular formula is C17H33N3O2. The van der Waals surface area contributed by atoms with Crippen molar-refractivity contribution in [2.75, 3.05) is 26.2 Å². The van der Waals surface area contributed by atoms with Crippen molar-refractivity contribution in [1.82, 2.24) is 15.5 Å². The summed E-state index contributed by atoms with van der Waals surface area (Å²) < 4.78 is 0. The molecule has 1 saturated heterocycles. The molecule has 0 aromatic carbocycles. The van der Waals surface area contributed by atoms with E-state index in [4.69, 9.17) is 0 Å². The molecule has 1 heterocycles. The number of aliphatic hydroxyl groups excluding tert-OH is 1. The zero-order valence-corrected chi connectivity index (χ0v) is 14.6. The number of nitrogens with one attached hydrogen (secondary N) is 2. The molecule has 5 heteroatoms. The van der Waals surface area contributed by atoms with Crippen molar-refractivity contribution in [2.45, 2.75) is 59.1 Å². The number of carbonyl (C=O) groups excluding carboxylic acids is 1. The van der Waals surface area contributed by atoms with Gasteiger partial charge in [-0.1, -0.05) is 27.7 Å². The summed E-state index contributed by atoms with van der Waals surface area (Å²) in [6, 6.07) is 0.714. The number of aliphatic hydroxyl groups is 1. The van der Waals surface area contributed by atoms with Gasteiger partial charge in [0.2, 0.25) is 0 Å². The summed E-state index contributed by atoms with van der Waals surface area (Å²) in [7, 11) is 0. The second kappa shape index (κ2) is 7.18. The van der Waals surface area contributed by atoms with Crippen molar-refractivity contribution >= 4 is 6.03 Å². The van der Waals surface area contributed by atoms with Crippen LogP contribution in [0.4, 0.5) is 4.79 Å².